The Morgan fingerprint density at radius 1 is 0.971 bits per heavy atom. The first-order chi connectivity index (χ1) is 16.7. The number of aliphatic carboxylic acids is 1. The molecule has 3 rings (SSSR count). The number of ether oxygens (including phenoxy) is 1. The summed E-state index contributed by atoms with van der Waals surface area (Å²) in [7, 11) is 3.81. The van der Waals surface area contributed by atoms with Crippen LogP contribution in [0.3, 0.4) is 0 Å². The summed E-state index contributed by atoms with van der Waals surface area (Å²) in [5.74, 6) is -1.51. The Labute approximate surface area is 206 Å². The van der Waals surface area contributed by atoms with Crippen LogP contribution in [-0.4, -0.2) is 67.3 Å². The van der Waals surface area contributed by atoms with E-state index >= 15 is 0 Å². The zero-order valence-electron chi connectivity index (χ0n) is 20.8. The fraction of sp³-hybridized carbons (Fsp3) is 0.444. The van der Waals surface area contributed by atoms with Gasteiger partial charge in [0.25, 0.3) is 0 Å². The number of fused-ring (bicyclic) bond motifs is 3. The zero-order valence-corrected chi connectivity index (χ0v) is 20.8. The van der Waals surface area contributed by atoms with Crippen molar-refractivity contribution in [2.45, 2.75) is 44.7 Å². The molecule has 35 heavy (non-hydrogen) atoms. The predicted octanol–water partition coefficient (Wildman–Crippen LogP) is 3.46. The van der Waals surface area contributed by atoms with Crippen LogP contribution in [-0.2, 0) is 14.3 Å². The molecule has 2 aromatic rings. The molecule has 0 bridgehead atoms. The standard InChI is InChI=1S/C27H35N3O5/c1-17(2)13-18(15-30(3)4)28-26(33)24(14-25(31)32)29-27(34)35-16-23-21-11-7-5-9-19(21)20-10-6-8-12-22(20)23/h5-12,17-18,23-24H,13-16H2,1-4H3,(H,28,33)(H,29,34)(H,31,32). The maximum atomic E-state index is 12.9. The highest BCUT2D eigenvalue weighted by Gasteiger charge is 2.31. The largest absolute Gasteiger partial charge is 0.481 e. The summed E-state index contributed by atoms with van der Waals surface area (Å²) >= 11 is 0. The number of nitrogens with zero attached hydrogens (tertiary/aromatic N) is 1. The smallest absolute Gasteiger partial charge is 0.407 e. The summed E-state index contributed by atoms with van der Waals surface area (Å²) in [5.41, 5.74) is 4.36. The quantitative estimate of drug-likeness (QED) is 0.454. The van der Waals surface area contributed by atoms with E-state index in [4.69, 9.17) is 4.74 Å². The number of rotatable bonds is 11. The van der Waals surface area contributed by atoms with Crippen molar-refractivity contribution in [1.29, 1.82) is 0 Å². The molecule has 0 fully saturated rings. The Morgan fingerprint density at radius 2 is 1.54 bits per heavy atom. The number of carbonyl (C=O) groups excluding carboxylic acids is 2. The Bertz CT molecular complexity index is 997. The van der Waals surface area contributed by atoms with Gasteiger partial charge in [0.05, 0.1) is 6.42 Å². The molecule has 2 amide bonds. The van der Waals surface area contributed by atoms with Crippen LogP contribution < -0.4 is 10.6 Å². The molecule has 8 heteroatoms. The first kappa shape index (κ1) is 26.2. The number of hydrogen-bond acceptors (Lipinski definition) is 5. The van der Waals surface area contributed by atoms with E-state index in [9.17, 15) is 19.5 Å². The van der Waals surface area contributed by atoms with Crippen molar-refractivity contribution in [2.24, 2.45) is 5.92 Å². The summed E-state index contributed by atoms with van der Waals surface area (Å²) in [4.78, 5) is 38.9. The third kappa shape index (κ3) is 7.05. The van der Waals surface area contributed by atoms with Crippen LogP contribution in [0.2, 0.25) is 0 Å². The molecule has 2 atom stereocenters. The third-order valence-corrected chi connectivity index (χ3v) is 6.02. The SMILES string of the molecule is CC(C)CC(CN(C)C)NC(=O)C(CC(=O)O)NC(=O)OCC1c2ccccc2-c2ccccc21. The van der Waals surface area contributed by atoms with Gasteiger partial charge in [-0.25, -0.2) is 4.79 Å². The molecule has 188 valence electrons. The van der Waals surface area contributed by atoms with Crippen molar-refractivity contribution >= 4 is 18.0 Å². The van der Waals surface area contributed by atoms with Gasteiger partial charge in [0.2, 0.25) is 5.91 Å². The van der Waals surface area contributed by atoms with Crippen molar-refractivity contribution in [2.75, 3.05) is 27.2 Å². The molecule has 0 radical (unpaired) electrons. The first-order valence-corrected chi connectivity index (χ1v) is 11.9. The van der Waals surface area contributed by atoms with Gasteiger partial charge >= 0.3 is 12.1 Å². The molecular weight excluding hydrogens is 446 g/mol. The van der Waals surface area contributed by atoms with Crippen molar-refractivity contribution < 1.29 is 24.2 Å². The fourth-order valence-electron chi connectivity index (χ4n) is 4.66. The van der Waals surface area contributed by atoms with Gasteiger partial charge in [-0.1, -0.05) is 62.4 Å². The average molecular weight is 482 g/mol. The van der Waals surface area contributed by atoms with Crippen LogP contribution >= 0.6 is 0 Å². The van der Waals surface area contributed by atoms with E-state index in [2.05, 4.69) is 24.5 Å². The van der Waals surface area contributed by atoms with E-state index in [1.807, 2.05) is 67.5 Å². The second kappa shape index (κ2) is 11.8. The van der Waals surface area contributed by atoms with Crippen LogP contribution in [0.4, 0.5) is 4.79 Å². The molecule has 0 heterocycles. The Morgan fingerprint density at radius 3 is 2.06 bits per heavy atom. The summed E-state index contributed by atoms with van der Waals surface area (Å²) in [5, 5.41) is 14.7. The van der Waals surface area contributed by atoms with Gasteiger partial charge in [-0.2, -0.15) is 0 Å². The third-order valence-electron chi connectivity index (χ3n) is 6.02. The van der Waals surface area contributed by atoms with Gasteiger partial charge in [-0.3, -0.25) is 9.59 Å². The lowest BCUT2D eigenvalue weighted by Gasteiger charge is -2.26. The number of carboxylic acid groups (broad SMARTS) is 1. The summed E-state index contributed by atoms with van der Waals surface area (Å²) in [6.45, 7) is 4.80. The zero-order chi connectivity index (χ0) is 25.5. The monoisotopic (exact) mass is 481 g/mol. The fourth-order valence-corrected chi connectivity index (χ4v) is 4.66. The number of hydrogen-bond donors (Lipinski definition) is 3. The van der Waals surface area contributed by atoms with Gasteiger partial charge < -0.3 is 25.4 Å². The van der Waals surface area contributed by atoms with E-state index in [0.29, 0.717) is 12.5 Å². The topological polar surface area (TPSA) is 108 Å². The molecule has 2 aromatic carbocycles. The number of amides is 2. The number of nitrogens with one attached hydrogen (secondary N) is 2. The van der Waals surface area contributed by atoms with Crippen LogP contribution in [0.15, 0.2) is 48.5 Å². The summed E-state index contributed by atoms with van der Waals surface area (Å²) < 4.78 is 5.50. The molecular formula is C27H35N3O5. The maximum Gasteiger partial charge on any atom is 0.407 e. The minimum Gasteiger partial charge on any atom is -0.481 e. The van der Waals surface area contributed by atoms with E-state index in [1.165, 1.54) is 0 Å². The Kier molecular flexibility index (Phi) is 8.87. The average Bonchev–Trinajstić information content (AvgIpc) is 3.10. The highest BCUT2D eigenvalue weighted by Crippen LogP contribution is 2.44. The molecule has 1 aliphatic carbocycles. The number of alkyl carbamates (subject to hydrolysis) is 1. The van der Waals surface area contributed by atoms with Gasteiger partial charge in [0, 0.05) is 18.5 Å². The lowest BCUT2D eigenvalue weighted by Crippen LogP contribution is -2.52. The van der Waals surface area contributed by atoms with Crippen molar-refractivity contribution in [1.82, 2.24) is 15.5 Å². The molecule has 0 saturated heterocycles. The second-order valence-electron chi connectivity index (χ2n) is 9.72. The van der Waals surface area contributed by atoms with E-state index in [-0.39, 0.29) is 18.6 Å². The maximum absolute atomic E-state index is 12.9. The van der Waals surface area contributed by atoms with Crippen molar-refractivity contribution in [3.63, 3.8) is 0 Å². The van der Waals surface area contributed by atoms with Gasteiger partial charge in [-0.15, -0.1) is 0 Å². The first-order valence-electron chi connectivity index (χ1n) is 11.9. The van der Waals surface area contributed by atoms with Gasteiger partial charge in [0.15, 0.2) is 0 Å². The van der Waals surface area contributed by atoms with E-state index in [0.717, 1.165) is 28.7 Å². The number of likely N-dealkylation sites (N-methyl/N-ethyl adjacent to an activating group) is 1. The lowest BCUT2D eigenvalue weighted by molar-refractivity contribution is -0.140. The summed E-state index contributed by atoms with van der Waals surface area (Å²) in [6.07, 6.45) is -0.623. The highest BCUT2D eigenvalue weighted by molar-refractivity contribution is 5.89. The molecule has 0 spiro atoms. The van der Waals surface area contributed by atoms with E-state index in [1.54, 1.807) is 0 Å². The second-order valence-corrected chi connectivity index (χ2v) is 9.72. The van der Waals surface area contributed by atoms with Crippen LogP contribution in [0.5, 0.6) is 0 Å². The molecule has 0 saturated carbocycles. The Hall–Kier alpha value is -3.39. The number of benzene rings is 2. The molecule has 1 aliphatic rings. The molecule has 2 unspecified atom stereocenters. The van der Waals surface area contributed by atoms with Crippen LogP contribution in [0, 0.1) is 5.92 Å². The molecule has 0 aromatic heterocycles. The minimum atomic E-state index is -1.24. The summed E-state index contributed by atoms with van der Waals surface area (Å²) in [6, 6.07) is 14.6. The number of carbonyl (C=O) groups is 3. The van der Waals surface area contributed by atoms with E-state index < -0.39 is 30.4 Å². The normalized spacial score (nSPS) is 14.2. The Balaban J connectivity index is 1.66. The predicted molar refractivity (Wildman–Crippen MR) is 134 cm³/mol. The lowest BCUT2D eigenvalue weighted by atomic mass is 9.98. The van der Waals surface area contributed by atoms with Crippen molar-refractivity contribution in [3.8, 4) is 11.1 Å². The highest BCUT2D eigenvalue weighted by atomic mass is 16.5. The van der Waals surface area contributed by atoms with Gasteiger partial charge in [0.1, 0.15) is 12.6 Å². The molecule has 0 aliphatic heterocycles. The van der Waals surface area contributed by atoms with Crippen LogP contribution in [0.1, 0.15) is 43.7 Å². The minimum absolute atomic E-state index is 0.0812. The molecule has 8 nitrogen and oxygen atoms in total. The van der Waals surface area contributed by atoms with Crippen molar-refractivity contribution in [3.05, 3.63) is 59.7 Å². The number of carboxylic acids is 1. The van der Waals surface area contributed by atoms with Crippen LogP contribution in [0.25, 0.3) is 11.1 Å². The molecule has 3 N–H and O–H groups in total. The van der Waals surface area contributed by atoms with Gasteiger partial charge in [-0.05, 0) is 48.7 Å².